The van der Waals surface area contributed by atoms with Crippen molar-refractivity contribution >= 4 is 57.0 Å². The summed E-state index contributed by atoms with van der Waals surface area (Å²) in [5.41, 5.74) is 1.11. The normalized spacial score (nSPS) is 20.0. The maximum atomic E-state index is 15.6. The molecular weight excluding hydrogens is 719 g/mol. The number of likely N-dealkylation sites (tertiary alicyclic amines) is 1. The molecule has 3 amide bonds. The van der Waals surface area contributed by atoms with E-state index in [0.717, 1.165) is 90.0 Å². The molecule has 0 aliphatic carbocycles. The Morgan fingerprint density at radius 1 is 0.926 bits per heavy atom. The fourth-order valence-corrected chi connectivity index (χ4v) is 9.22. The number of carbonyl (C=O) groups excluding carboxylic acids is 2. The van der Waals surface area contributed by atoms with E-state index < -0.39 is 17.4 Å². The minimum atomic E-state index is -0.627. The predicted molar refractivity (Wildman–Crippen MR) is 203 cm³/mol. The standard InChI is InChI=1S/C38H46F2N8O5S/c1-45-31-19-32(28(39)18-27(31)36(44-45)48-13-6-34(49)43-38(48)51)47-11-4-23(5-12-47)20-46-9-2-24(3-10-46)21-53-25-16-29(40)35-30(17-25)41-33(42-37(35)50)22-54-26-7-14-52-15-8-26/h16-19,23-24,26H,2-15,20-22H2,1H3,(H,41,42,50)(H,43,49,51). The largest absolute Gasteiger partial charge is 0.493 e. The van der Waals surface area contributed by atoms with Crippen LogP contribution >= 0.6 is 11.8 Å². The van der Waals surface area contributed by atoms with E-state index in [9.17, 15) is 14.4 Å². The molecular formula is C38H46F2N8O5S. The van der Waals surface area contributed by atoms with Gasteiger partial charge in [0.1, 0.15) is 28.6 Å². The molecule has 0 spiro atoms. The molecule has 8 rings (SSSR count). The van der Waals surface area contributed by atoms with Gasteiger partial charge in [0.2, 0.25) is 5.91 Å². The molecule has 2 aromatic heterocycles. The first-order chi connectivity index (χ1) is 26.2. The molecule has 0 unspecified atom stereocenters. The van der Waals surface area contributed by atoms with Crippen LogP contribution in [0.15, 0.2) is 29.1 Å². The number of H-pyrrole nitrogens is 1. The summed E-state index contributed by atoms with van der Waals surface area (Å²) in [7, 11) is 1.77. The van der Waals surface area contributed by atoms with E-state index in [0.29, 0.717) is 63.4 Å². The Labute approximate surface area is 315 Å². The van der Waals surface area contributed by atoms with E-state index in [1.807, 2.05) is 6.07 Å². The van der Waals surface area contributed by atoms with Crippen molar-refractivity contribution in [2.24, 2.45) is 18.9 Å². The van der Waals surface area contributed by atoms with Gasteiger partial charge in [-0.25, -0.2) is 18.6 Å². The fourth-order valence-electron chi connectivity index (χ4n) is 8.17. The van der Waals surface area contributed by atoms with Gasteiger partial charge >= 0.3 is 6.03 Å². The minimum Gasteiger partial charge on any atom is -0.493 e. The molecule has 2 N–H and O–H groups in total. The second-order valence-corrected chi connectivity index (χ2v) is 16.2. The van der Waals surface area contributed by atoms with Gasteiger partial charge < -0.3 is 24.3 Å². The number of benzene rings is 2. The molecule has 288 valence electrons. The molecule has 4 aromatic rings. The van der Waals surface area contributed by atoms with Crippen LogP contribution in [0.2, 0.25) is 0 Å². The third kappa shape index (κ3) is 7.91. The van der Waals surface area contributed by atoms with Crippen LogP contribution in [0, 0.1) is 23.5 Å². The number of halogens is 2. The van der Waals surface area contributed by atoms with Gasteiger partial charge in [-0.3, -0.25) is 24.5 Å². The van der Waals surface area contributed by atoms with Crippen LogP contribution in [-0.2, 0) is 22.3 Å². The van der Waals surface area contributed by atoms with E-state index in [1.165, 1.54) is 17.0 Å². The molecule has 2 aromatic carbocycles. The van der Waals surface area contributed by atoms with Gasteiger partial charge in [-0.05, 0) is 75.6 Å². The average molecular weight is 765 g/mol. The monoisotopic (exact) mass is 764 g/mol. The highest BCUT2D eigenvalue weighted by Gasteiger charge is 2.30. The third-order valence-corrected chi connectivity index (χ3v) is 12.7. The summed E-state index contributed by atoms with van der Waals surface area (Å²) in [5.74, 6) is 1.38. The molecule has 0 atom stereocenters. The zero-order valence-corrected chi connectivity index (χ0v) is 31.3. The first-order valence-electron chi connectivity index (χ1n) is 19.0. The lowest BCUT2D eigenvalue weighted by Crippen LogP contribution is -2.49. The maximum absolute atomic E-state index is 15.6. The fraction of sp³-hybridized carbons (Fsp3) is 0.553. The van der Waals surface area contributed by atoms with E-state index in [1.54, 1.807) is 29.6 Å². The van der Waals surface area contributed by atoms with Crippen LogP contribution in [0.25, 0.3) is 21.8 Å². The number of rotatable bonds is 10. The quantitative estimate of drug-likeness (QED) is 0.228. The lowest BCUT2D eigenvalue weighted by atomic mass is 9.93. The molecule has 4 saturated heterocycles. The third-order valence-electron chi connectivity index (χ3n) is 11.3. The van der Waals surface area contributed by atoms with Crippen molar-refractivity contribution in [1.29, 1.82) is 0 Å². The first kappa shape index (κ1) is 36.7. The van der Waals surface area contributed by atoms with Crippen molar-refractivity contribution in [3.63, 3.8) is 0 Å². The number of carbonyl (C=O) groups is 2. The number of amides is 3. The van der Waals surface area contributed by atoms with E-state index >= 15 is 8.78 Å². The Bertz CT molecular complexity index is 2090. The summed E-state index contributed by atoms with van der Waals surface area (Å²) in [6.07, 6.45) is 5.99. The predicted octanol–water partition coefficient (Wildman–Crippen LogP) is 4.95. The Morgan fingerprint density at radius 3 is 2.44 bits per heavy atom. The zero-order chi connectivity index (χ0) is 37.3. The smallest absolute Gasteiger partial charge is 0.329 e. The number of aromatic nitrogens is 4. The Morgan fingerprint density at radius 2 is 1.69 bits per heavy atom. The van der Waals surface area contributed by atoms with Crippen LogP contribution in [0.4, 0.5) is 25.1 Å². The van der Waals surface area contributed by atoms with Crippen molar-refractivity contribution in [2.45, 2.75) is 55.9 Å². The molecule has 0 bridgehead atoms. The van der Waals surface area contributed by atoms with Crippen molar-refractivity contribution in [2.75, 3.05) is 68.9 Å². The molecule has 13 nitrogen and oxygen atoms in total. The van der Waals surface area contributed by atoms with Gasteiger partial charge in [-0.1, -0.05) is 0 Å². The van der Waals surface area contributed by atoms with Crippen molar-refractivity contribution in [3.05, 3.63) is 52.1 Å². The summed E-state index contributed by atoms with van der Waals surface area (Å²) < 4.78 is 43.8. The Balaban J connectivity index is 0.811. The van der Waals surface area contributed by atoms with Crippen molar-refractivity contribution in [3.8, 4) is 5.75 Å². The molecule has 0 radical (unpaired) electrons. The second-order valence-electron chi connectivity index (χ2n) is 14.9. The van der Waals surface area contributed by atoms with Gasteiger partial charge in [0.05, 0.1) is 29.1 Å². The number of nitrogens with zero attached hydrogens (tertiary/aromatic N) is 6. The number of urea groups is 1. The molecule has 16 heteroatoms. The first-order valence-corrected chi connectivity index (χ1v) is 20.0. The van der Waals surface area contributed by atoms with Crippen molar-refractivity contribution < 1.29 is 27.8 Å². The number of thioether (sulfide) groups is 1. The number of nitrogens with one attached hydrogen (secondary N) is 2. The number of aryl methyl sites for hydroxylation is 1. The zero-order valence-electron chi connectivity index (χ0n) is 30.5. The molecule has 54 heavy (non-hydrogen) atoms. The number of piperidine rings is 2. The number of aromatic amines is 1. The topological polar surface area (TPSA) is 138 Å². The van der Waals surface area contributed by atoms with Gasteiger partial charge in [-0.15, -0.1) is 0 Å². The number of fused-ring (bicyclic) bond motifs is 2. The summed E-state index contributed by atoms with van der Waals surface area (Å²) >= 11 is 1.74. The van der Waals surface area contributed by atoms with Crippen LogP contribution < -0.4 is 25.4 Å². The Kier molecular flexibility index (Phi) is 10.8. The van der Waals surface area contributed by atoms with Gasteiger partial charge in [-0.2, -0.15) is 16.9 Å². The number of anilines is 2. The summed E-state index contributed by atoms with van der Waals surface area (Å²) in [6, 6.07) is 5.69. The summed E-state index contributed by atoms with van der Waals surface area (Å²) in [4.78, 5) is 50.1. The lowest BCUT2D eigenvalue weighted by Gasteiger charge is -2.38. The summed E-state index contributed by atoms with van der Waals surface area (Å²) in [6.45, 7) is 6.59. The van der Waals surface area contributed by atoms with Crippen LogP contribution in [-0.4, -0.2) is 101 Å². The second kappa shape index (κ2) is 15.8. The minimum absolute atomic E-state index is 0.0417. The number of hydrogen-bond donors (Lipinski definition) is 2. The van der Waals surface area contributed by atoms with E-state index in [-0.39, 0.29) is 30.1 Å². The average Bonchev–Trinajstić information content (AvgIpc) is 3.48. The SMILES string of the molecule is Cn1nc(N2CCC(=O)NC2=O)c2cc(F)c(N3CCC(CN4CCC(COc5cc(F)c6c(=O)[nH]c(CSC7CCOCC7)nc6c5)CC4)CC3)cc21. The molecule has 4 aliphatic rings. The molecule has 0 saturated carbocycles. The number of ether oxygens (including phenoxy) is 2. The van der Waals surface area contributed by atoms with Gasteiger partial charge in [0.25, 0.3) is 5.56 Å². The van der Waals surface area contributed by atoms with E-state index in [4.69, 9.17) is 9.47 Å². The lowest BCUT2D eigenvalue weighted by molar-refractivity contribution is -0.120. The maximum Gasteiger partial charge on any atom is 0.329 e. The van der Waals surface area contributed by atoms with Crippen LogP contribution in [0.5, 0.6) is 5.75 Å². The van der Waals surface area contributed by atoms with E-state index in [2.05, 4.69) is 30.2 Å². The van der Waals surface area contributed by atoms with Crippen molar-refractivity contribution in [1.82, 2.24) is 30.0 Å². The highest BCUT2D eigenvalue weighted by Crippen LogP contribution is 2.35. The van der Waals surface area contributed by atoms with Crippen LogP contribution in [0.1, 0.15) is 50.8 Å². The highest BCUT2D eigenvalue weighted by molar-refractivity contribution is 7.99. The summed E-state index contributed by atoms with van der Waals surface area (Å²) in [5, 5.41) is 7.77. The molecule has 4 fully saturated rings. The van der Waals surface area contributed by atoms with Crippen LogP contribution in [0.3, 0.4) is 0 Å². The number of hydrogen-bond acceptors (Lipinski definition) is 10. The molecule has 4 aliphatic heterocycles. The Hall–Kier alpha value is -4.28. The number of imide groups is 1. The molecule has 6 heterocycles. The highest BCUT2D eigenvalue weighted by atomic mass is 32.2. The van der Waals surface area contributed by atoms with Gasteiger partial charge in [0.15, 0.2) is 5.82 Å². The van der Waals surface area contributed by atoms with Gasteiger partial charge in [0, 0.05) is 75.6 Å².